The lowest BCUT2D eigenvalue weighted by molar-refractivity contribution is -0.384. The number of ether oxygens (including phenoxy) is 5. The second-order valence-corrected chi connectivity index (χ2v) is 13.2. The number of carbonyl (C=O) groups excluding carboxylic acids is 1. The van der Waals surface area contributed by atoms with E-state index in [4.69, 9.17) is 23.7 Å². The number of carbonyl (C=O) groups is 1. The summed E-state index contributed by atoms with van der Waals surface area (Å²) in [5, 5.41) is 11.0. The Bertz CT molecular complexity index is 2140. The summed E-state index contributed by atoms with van der Waals surface area (Å²) in [6, 6.07) is 14.2. The minimum atomic E-state index is -0.838. The average Bonchev–Trinajstić information content (AvgIpc) is 3.37. The van der Waals surface area contributed by atoms with E-state index in [9.17, 15) is 19.7 Å². The number of nitro groups is 1. The molecule has 0 spiro atoms. The third-order valence-corrected chi connectivity index (χ3v) is 9.11. The first-order valence-corrected chi connectivity index (χ1v) is 17.4. The van der Waals surface area contributed by atoms with Gasteiger partial charge in [0.15, 0.2) is 27.8 Å². The molecule has 0 radical (unpaired) electrons. The predicted octanol–water partition coefficient (Wildman–Crippen LogP) is 6.24. The molecule has 50 heavy (non-hydrogen) atoms. The molecule has 14 heteroatoms. The van der Waals surface area contributed by atoms with Crippen molar-refractivity contribution >= 4 is 45.0 Å². The molecule has 0 aliphatic carbocycles. The van der Waals surface area contributed by atoms with Crippen LogP contribution in [0.15, 0.2) is 80.1 Å². The number of esters is 1. The first-order valence-electron chi connectivity index (χ1n) is 15.8. The summed E-state index contributed by atoms with van der Waals surface area (Å²) in [5.41, 5.74) is 2.36. The first kappa shape index (κ1) is 36.3. The van der Waals surface area contributed by atoms with E-state index in [1.807, 2.05) is 20.8 Å². The highest BCUT2D eigenvalue weighted by Crippen LogP contribution is 2.39. The topological polar surface area (TPSA) is 141 Å². The Morgan fingerprint density at radius 2 is 1.80 bits per heavy atom. The Balaban J connectivity index is 1.57. The highest BCUT2D eigenvalue weighted by Gasteiger charge is 2.34. The van der Waals surface area contributed by atoms with Crippen LogP contribution in [0.25, 0.3) is 6.08 Å². The Labute approximate surface area is 300 Å². The number of nitrogens with zero attached hydrogens (tertiary/aromatic N) is 3. The molecular formula is C36H36BrN3O9S. The molecule has 0 saturated heterocycles. The van der Waals surface area contributed by atoms with Gasteiger partial charge in [-0.15, -0.1) is 0 Å². The lowest BCUT2D eigenvalue weighted by Crippen LogP contribution is -2.40. The van der Waals surface area contributed by atoms with E-state index in [0.717, 1.165) is 5.56 Å². The number of hydrogen-bond acceptors (Lipinski definition) is 11. The number of fused-ring (bicyclic) bond motifs is 1. The van der Waals surface area contributed by atoms with E-state index < -0.39 is 16.9 Å². The van der Waals surface area contributed by atoms with Crippen LogP contribution >= 0.6 is 27.3 Å². The summed E-state index contributed by atoms with van der Waals surface area (Å²) >= 11 is 4.79. The fourth-order valence-corrected chi connectivity index (χ4v) is 7.03. The highest BCUT2D eigenvalue weighted by atomic mass is 79.9. The van der Waals surface area contributed by atoms with Gasteiger partial charge in [0, 0.05) is 12.1 Å². The molecule has 1 atom stereocenters. The minimum Gasteiger partial charge on any atom is -0.493 e. The van der Waals surface area contributed by atoms with Gasteiger partial charge in [-0.2, -0.15) is 0 Å². The Morgan fingerprint density at radius 1 is 1.06 bits per heavy atom. The Kier molecular flexibility index (Phi) is 11.4. The Hall–Kier alpha value is -4.95. The van der Waals surface area contributed by atoms with Crippen LogP contribution in [0.1, 0.15) is 57.4 Å². The molecule has 0 amide bonds. The van der Waals surface area contributed by atoms with Crippen LogP contribution in [0.3, 0.4) is 0 Å². The summed E-state index contributed by atoms with van der Waals surface area (Å²) < 4.78 is 31.4. The summed E-state index contributed by atoms with van der Waals surface area (Å²) in [6.45, 7) is 9.77. The summed E-state index contributed by atoms with van der Waals surface area (Å²) in [6.07, 6.45) is 1.64. The average molecular weight is 767 g/mol. The Morgan fingerprint density at radius 3 is 2.44 bits per heavy atom. The van der Waals surface area contributed by atoms with Crippen molar-refractivity contribution in [1.29, 1.82) is 0 Å². The van der Waals surface area contributed by atoms with E-state index in [1.165, 1.54) is 35.1 Å². The smallest absolute Gasteiger partial charge is 0.338 e. The van der Waals surface area contributed by atoms with E-state index >= 15 is 0 Å². The number of methoxy groups -OCH3 is 1. The third-order valence-electron chi connectivity index (χ3n) is 7.54. The number of benzene rings is 3. The normalized spacial score (nSPS) is 14.2. The summed E-state index contributed by atoms with van der Waals surface area (Å²) in [5.74, 6) is 1.31. The third kappa shape index (κ3) is 7.76. The van der Waals surface area contributed by atoms with Crippen molar-refractivity contribution in [3.05, 3.63) is 117 Å². The zero-order chi connectivity index (χ0) is 36.1. The molecule has 5 rings (SSSR count). The van der Waals surface area contributed by atoms with Crippen LogP contribution in [-0.4, -0.2) is 41.9 Å². The lowest BCUT2D eigenvalue weighted by atomic mass is 9.95. The van der Waals surface area contributed by atoms with Crippen LogP contribution in [0.2, 0.25) is 0 Å². The van der Waals surface area contributed by atoms with Crippen LogP contribution < -0.4 is 33.8 Å². The van der Waals surface area contributed by atoms with Crippen LogP contribution in [0, 0.1) is 10.1 Å². The fraction of sp³-hybridized carbons (Fsp3) is 0.306. The molecule has 0 unspecified atom stereocenters. The summed E-state index contributed by atoms with van der Waals surface area (Å²) in [7, 11) is 1.53. The molecule has 262 valence electrons. The molecule has 0 fully saturated rings. The highest BCUT2D eigenvalue weighted by molar-refractivity contribution is 9.10. The van der Waals surface area contributed by atoms with Crippen molar-refractivity contribution < 1.29 is 33.4 Å². The maximum atomic E-state index is 14.2. The number of halogens is 1. The molecular weight excluding hydrogens is 730 g/mol. The second kappa shape index (κ2) is 15.7. The number of aromatic nitrogens is 1. The van der Waals surface area contributed by atoms with Crippen LogP contribution in [-0.2, 0) is 16.1 Å². The number of nitro benzene ring substituents is 1. The monoisotopic (exact) mass is 765 g/mol. The van der Waals surface area contributed by atoms with E-state index in [1.54, 1.807) is 62.4 Å². The van der Waals surface area contributed by atoms with E-state index in [2.05, 4.69) is 20.9 Å². The summed E-state index contributed by atoms with van der Waals surface area (Å²) in [4.78, 5) is 43.2. The van der Waals surface area contributed by atoms with Gasteiger partial charge in [0.25, 0.3) is 11.2 Å². The van der Waals surface area contributed by atoms with Gasteiger partial charge >= 0.3 is 5.97 Å². The standard InChI is InChI=1S/C36H36BrN3O9S/c1-7-46-29-16-23(15-26(37)33(29)48-19-22-9-12-25(13-10-22)40(43)44)17-30-34(41)39-32(24-11-14-27(49-20(3)4)28(18-24)45-6)31(35(42)47-8-2)21(5)38-36(39)50-30/h9-18,20,32H,7-8,19H2,1-6H3/b30-17-/t32-/m0/s1. The lowest BCUT2D eigenvalue weighted by Gasteiger charge is -2.25. The van der Waals surface area contributed by atoms with Gasteiger partial charge in [0.1, 0.15) is 6.61 Å². The van der Waals surface area contributed by atoms with Crippen molar-refractivity contribution in [2.75, 3.05) is 20.3 Å². The first-order chi connectivity index (χ1) is 23.9. The van der Waals surface area contributed by atoms with Gasteiger partial charge in [-0.25, -0.2) is 9.79 Å². The van der Waals surface area contributed by atoms with Crippen LogP contribution in [0.5, 0.6) is 23.0 Å². The fourth-order valence-electron chi connectivity index (χ4n) is 5.41. The molecule has 12 nitrogen and oxygen atoms in total. The number of hydrogen-bond donors (Lipinski definition) is 0. The molecule has 0 N–H and O–H groups in total. The molecule has 1 aliphatic heterocycles. The van der Waals surface area contributed by atoms with Crippen molar-refractivity contribution in [2.45, 2.75) is 53.4 Å². The zero-order valence-corrected chi connectivity index (χ0v) is 30.8. The van der Waals surface area contributed by atoms with E-state index in [0.29, 0.717) is 60.2 Å². The maximum Gasteiger partial charge on any atom is 0.338 e. The maximum absolute atomic E-state index is 14.2. The molecule has 2 heterocycles. The van der Waals surface area contributed by atoms with Gasteiger partial charge in [-0.05, 0) is 110 Å². The quantitative estimate of drug-likeness (QED) is 0.0879. The van der Waals surface area contributed by atoms with E-state index in [-0.39, 0.29) is 36.1 Å². The molecule has 1 aromatic heterocycles. The molecule has 1 aliphatic rings. The number of allylic oxidation sites excluding steroid dienone is 1. The zero-order valence-electron chi connectivity index (χ0n) is 28.4. The van der Waals surface area contributed by atoms with Gasteiger partial charge in [0.05, 0.1) is 57.7 Å². The van der Waals surface area contributed by atoms with Gasteiger partial charge < -0.3 is 23.7 Å². The van der Waals surface area contributed by atoms with Crippen molar-refractivity contribution in [2.24, 2.45) is 4.99 Å². The van der Waals surface area contributed by atoms with Gasteiger partial charge in [-0.3, -0.25) is 19.5 Å². The molecule has 4 aromatic rings. The SMILES string of the molecule is CCOC(=O)C1=C(C)N=c2s/c(=C\c3cc(Br)c(OCc4ccc([N+](=O)[O-])cc4)c(OCC)c3)c(=O)n2[C@H]1c1ccc(OC(C)C)c(OC)c1. The number of non-ortho nitro benzene ring substituents is 1. The van der Waals surface area contributed by atoms with Crippen molar-refractivity contribution in [1.82, 2.24) is 4.57 Å². The minimum absolute atomic E-state index is 0.00737. The van der Waals surface area contributed by atoms with Gasteiger partial charge in [-0.1, -0.05) is 17.4 Å². The molecule has 3 aromatic carbocycles. The molecule has 0 saturated carbocycles. The predicted molar refractivity (Wildman–Crippen MR) is 192 cm³/mol. The van der Waals surface area contributed by atoms with Crippen molar-refractivity contribution in [3.63, 3.8) is 0 Å². The van der Waals surface area contributed by atoms with Crippen molar-refractivity contribution in [3.8, 4) is 23.0 Å². The number of rotatable bonds is 13. The largest absolute Gasteiger partial charge is 0.493 e. The number of thiazole rings is 1. The molecule has 0 bridgehead atoms. The second-order valence-electron chi connectivity index (χ2n) is 11.4. The van der Waals surface area contributed by atoms with Gasteiger partial charge in [0.2, 0.25) is 0 Å². The van der Waals surface area contributed by atoms with Crippen LogP contribution in [0.4, 0.5) is 5.69 Å².